The number of halogens is 1. The van der Waals surface area contributed by atoms with E-state index in [1.165, 1.54) is 5.56 Å². The third-order valence-electron chi connectivity index (χ3n) is 4.09. The predicted octanol–water partition coefficient (Wildman–Crippen LogP) is 4.09. The third kappa shape index (κ3) is 5.69. The fourth-order valence-corrected chi connectivity index (χ4v) is 2.98. The van der Waals surface area contributed by atoms with Gasteiger partial charge in [-0.15, -0.1) is 10.1 Å². The van der Waals surface area contributed by atoms with Crippen molar-refractivity contribution in [3.05, 3.63) is 51.2 Å². The van der Waals surface area contributed by atoms with E-state index in [4.69, 9.17) is 11.6 Å². The van der Waals surface area contributed by atoms with Crippen LogP contribution < -0.4 is 10.2 Å². The SMILES string of the molecule is CN1C=CC(NCCCCCCCO[N+](=O)[O-])c2ccc(Cl)cc21. The first-order chi connectivity index (χ1) is 11.6. The van der Waals surface area contributed by atoms with E-state index in [2.05, 4.69) is 33.4 Å². The Morgan fingerprint density at radius 3 is 2.83 bits per heavy atom. The molecule has 1 atom stereocenters. The summed E-state index contributed by atoms with van der Waals surface area (Å²) in [6, 6.07) is 6.20. The lowest BCUT2D eigenvalue weighted by Gasteiger charge is -2.28. The minimum absolute atomic E-state index is 0.199. The highest BCUT2D eigenvalue weighted by molar-refractivity contribution is 6.30. The summed E-state index contributed by atoms with van der Waals surface area (Å²) in [6.45, 7) is 1.14. The van der Waals surface area contributed by atoms with Gasteiger partial charge in [-0.1, -0.05) is 36.9 Å². The van der Waals surface area contributed by atoms with Gasteiger partial charge in [0.25, 0.3) is 5.09 Å². The number of fused-ring (bicyclic) bond motifs is 1. The van der Waals surface area contributed by atoms with E-state index in [0.29, 0.717) is 0 Å². The van der Waals surface area contributed by atoms with Gasteiger partial charge in [-0.2, -0.15) is 0 Å². The monoisotopic (exact) mass is 353 g/mol. The lowest BCUT2D eigenvalue weighted by Crippen LogP contribution is -2.26. The van der Waals surface area contributed by atoms with Gasteiger partial charge in [-0.05, 0) is 43.2 Å². The summed E-state index contributed by atoms with van der Waals surface area (Å²) in [5, 5.41) is 13.6. The van der Waals surface area contributed by atoms with Crippen LogP contribution in [0.5, 0.6) is 0 Å². The van der Waals surface area contributed by atoms with E-state index in [-0.39, 0.29) is 12.6 Å². The average molecular weight is 354 g/mol. The molecule has 0 fully saturated rings. The molecular formula is C17H24ClN3O3. The Morgan fingerprint density at radius 2 is 2.04 bits per heavy atom. The van der Waals surface area contributed by atoms with Gasteiger partial charge < -0.3 is 15.1 Å². The first-order valence-electron chi connectivity index (χ1n) is 8.29. The zero-order chi connectivity index (χ0) is 17.4. The van der Waals surface area contributed by atoms with Crippen molar-refractivity contribution in [2.75, 3.05) is 25.1 Å². The summed E-state index contributed by atoms with van der Waals surface area (Å²) in [6.07, 6.45) is 9.17. The Labute approximate surface area is 147 Å². The fourth-order valence-electron chi connectivity index (χ4n) is 2.82. The van der Waals surface area contributed by atoms with Crippen LogP contribution in [-0.2, 0) is 4.84 Å². The van der Waals surface area contributed by atoms with Crippen molar-refractivity contribution in [2.24, 2.45) is 0 Å². The average Bonchev–Trinajstić information content (AvgIpc) is 2.55. The minimum Gasteiger partial charge on any atom is -0.351 e. The lowest BCUT2D eigenvalue weighted by molar-refractivity contribution is -0.757. The van der Waals surface area contributed by atoms with Gasteiger partial charge in [0.2, 0.25) is 0 Å². The largest absolute Gasteiger partial charge is 0.351 e. The van der Waals surface area contributed by atoms with Crippen LogP contribution in [-0.4, -0.2) is 25.3 Å². The van der Waals surface area contributed by atoms with Gasteiger partial charge in [-0.25, -0.2) is 0 Å². The van der Waals surface area contributed by atoms with Crippen LogP contribution in [0.1, 0.15) is 43.7 Å². The Hall–Kier alpha value is -1.79. The van der Waals surface area contributed by atoms with Gasteiger partial charge in [0.15, 0.2) is 0 Å². The number of hydrogen-bond donors (Lipinski definition) is 1. The molecule has 0 aromatic heterocycles. The van der Waals surface area contributed by atoms with Crippen molar-refractivity contribution in [3.63, 3.8) is 0 Å². The first kappa shape index (κ1) is 18.5. The van der Waals surface area contributed by atoms with Gasteiger partial charge in [0.1, 0.15) is 0 Å². The van der Waals surface area contributed by atoms with Gasteiger partial charge in [0, 0.05) is 24.0 Å². The summed E-state index contributed by atoms with van der Waals surface area (Å²) in [7, 11) is 2.02. The van der Waals surface area contributed by atoms with Crippen molar-refractivity contribution in [2.45, 2.75) is 38.1 Å². The summed E-state index contributed by atoms with van der Waals surface area (Å²) >= 11 is 6.09. The smallest absolute Gasteiger partial charge is 0.294 e. The highest BCUT2D eigenvalue weighted by atomic mass is 35.5. The Bertz CT molecular complexity index is 580. The molecule has 132 valence electrons. The second-order valence-corrected chi connectivity index (χ2v) is 6.35. The number of hydrogen-bond acceptors (Lipinski definition) is 5. The summed E-state index contributed by atoms with van der Waals surface area (Å²) in [4.78, 5) is 16.4. The Balaban J connectivity index is 1.65. The van der Waals surface area contributed by atoms with Crippen molar-refractivity contribution in [1.82, 2.24) is 5.32 Å². The number of nitrogens with zero attached hydrogens (tertiary/aromatic N) is 2. The maximum absolute atomic E-state index is 10.0. The molecule has 7 heteroatoms. The van der Waals surface area contributed by atoms with Crippen LogP contribution in [0.15, 0.2) is 30.5 Å². The van der Waals surface area contributed by atoms with Crippen LogP contribution in [0.2, 0.25) is 5.02 Å². The molecule has 1 N–H and O–H groups in total. The molecule has 24 heavy (non-hydrogen) atoms. The van der Waals surface area contributed by atoms with E-state index in [1.54, 1.807) is 0 Å². The van der Waals surface area contributed by atoms with E-state index < -0.39 is 5.09 Å². The molecule has 0 spiro atoms. The zero-order valence-electron chi connectivity index (χ0n) is 13.9. The minimum atomic E-state index is -0.732. The van der Waals surface area contributed by atoms with Crippen LogP contribution in [0.25, 0.3) is 0 Å². The quantitative estimate of drug-likeness (QED) is 0.390. The molecule has 0 amide bonds. The maximum atomic E-state index is 10.0. The topological polar surface area (TPSA) is 67.6 Å². The normalized spacial score (nSPS) is 16.1. The molecule has 6 nitrogen and oxygen atoms in total. The highest BCUT2D eigenvalue weighted by Gasteiger charge is 2.18. The number of benzene rings is 1. The lowest BCUT2D eigenvalue weighted by atomic mass is 10.0. The predicted molar refractivity (Wildman–Crippen MR) is 95.8 cm³/mol. The molecule has 1 aliphatic heterocycles. The molecule has 1 aromatic rings. The second-order valence-electron chi connectivity index (χ2n) is 5.91. The van der Waals surface area contributed by atoms with E-state index in [9.17, 15) is 10.1 Å². The van der Waals surface area contributed by atoms with Crippen LogP contribution >= 0.6 is 11.6 Å². The molecule has 1 heterocycles. The van der Waals surface area contributed by atoms with Crippen molar-refractivity contribution < 1.29 is 9.92 Å². The molecule has 1 unspecified atom stereocenters. The fraction of sp³-hybridized carbons (Fsp3) is 0.529. The second kappa shape index (κ2) is 9.49. The number of anilines is 1. The molecule has 0 saturated heterocycles. The van der Waals surface area contributed by atoms with E-state index in [1.807, 2.05) is 19.2 Å². The molecule has 2 rings (SSSR count). The van der Waals surface area contributed by atoms with Crippen LogP contribution in [0.4, 0.5) is 5.69 Å². The van der Waals surface area contributed by atoms with Crippen molar-refractivity contribution >= 4 is 17.3 Å². The number of unbranched alkanes of at least 4 members (excludes halogenated alkanes) is 4. The van der Waals surface area contributed by atoms with Gasteiger partial charge >= 0.3 is 0 Å². The highest BCUT2D eigenvalue weighted by Crippen LogP contribution is 2.33. The van der Waals surface area contributed by atoms with E-state index in [0.717, 1.165) is 49.4 Å². The maximum Gasteiger partial charge on any atom is 0.294 e. The summed E-state index contributed by atoms with van der Waals surface area (Å²) in [5.74, 6) is 0. The zero-order valence-corrected chi connectivity index (χ0v) is 14.7. The van der Waals surface area contributed by atoms with Crippen LogP contribution in [0, 0.1) is 10.1 Å². The standard InChI is InChI=1S/C17H24ClN3O3/c1-20-11-9-16(15-8-7-14(18)13-17(15)20)19-10-5-3-2-4-6-12-24-21(22)23/h7-9,11,13,16,19H,2-6,10,12H2,1H3. The third-order valence-corrected chi connectivity index (χ3v) is 4.33. The Kier molecular flexibility index (Phi) is 7.34. The first-order valence-corrected chi connectivity index (χ1v) is 8.67. The molecule has 0 saturated carbocycles. The van der Waals surface area contributed by atoms with Crippen LogP contribution in [0.3, 0.4) is 0 Å². The molecule has 0 aliphatic carbocycles. The van der Waals surface area contributed by atoms with Crippen molar-refractivity contribution in [1.29, 1.82) is 0 Å². The van der Waals surface area contributed by atoms with Gasteiger partial charge in [0.05, 0.1) is 12.6 Å². The molecule has 0 radical (unpaired) electrons. The summed E-state index contributed by atoms with van der Waals surface area (Å²) < 4.78 is 0. The molecule has 0 bridgehead atoms. The summed E-state index contributed by atoms with van der Waals surface area (Å²) in [5.41, 5.74) is 2.37. The molecule has 1 aromatic carbocycles. The number of nitrogens with one attached hydrogen (secondary N) is 1. The Morgan fingerprint density at radius 1 is 1.29 bits per heavy atom. The molecular weight excluding hydrogens is 330 g/mol. The number of rotatable bonds is 10. The van der Waals surface area contributed by atoms with Gasteiger partial charge in [-0.3, -0.25) is 0 Å². The van der Waals surface area contributed by atoms with E-state index >= 15 is 0 Å². The molecule has 1 aliphatic rings. The van der Waals surface area contributed by atoms with Crippen molar-refractivity contribution in [3.8, 4) is 0 Å².